The maximum Gasteiger partial charge on any atom is 0.0483 e. The Morgan fingerprint density at radius 3 is 2.58 bits per heavy atom. The summed E-state index contributed by atoms with van der Waals surface area (Å²) in [6.45, 7) is 5.45. The molecule has 0 fully saturated rings. The normalized spacial score (nSPS) is 22.2. The lowest BCUT2D eigenvalue weighted by Crippen LogP contribution is -2.43. The molecule has 0 aliphatic heterocycles. The summed E-state index contributed by atoms with van der Waals surface area (Å²) in [5.74, 6) is 0. The highest BCUT2D eigenvalue weighted by Gasteiger charge is 2.33. The Balaban J connectivity index is 2.09. The van der Waals surface area contributed by atoms with Crippen LogP contribution >= 0.6 is 0 Å². The monoisotopic (exact) mass is 261 g/mol. The van der Waals surface area contributed by atoms with Gasteiger partial charge < -0.3 is 10.2 Å². The van der Waals surface area contributed by atoms with E-state index in [4.69, 9.17) is 0 Å². The van der Waals surface area contributed by atoms with E-state index in [0.29, 0.717) is 12.1 Å². The van der Waals surface area contributed by atoms with Crippen LogP contribution in [0.3, 0.4) is 0 Å². The lowest BCUT2D eigenvalue weighted by atomic mass is 10.1. The number of hydrogen-bond donors (Lipinski definition) is 1. The van der Waals surface area contributed by atoms with Crippen molar-refractivity contribution in [3.05, 3.63) is 35.4 Å². The second-order valence-corrected chi connectivity index (χ2v) is 5.79. The van der Waals surface area contributed by atoms with Crippen LogP contribution < -0.4 is 5.32 Å². The van der Waals surface area contributed by atoms with E-state index in [1.165, 1.54) is 11.1 Å². The Kier molecular flexibility index (Phi) is 4.97. The van der Waals surface area contributed by atoms with Gasteiger partial charge in [-0.15, -0.1) is 0 Å². The highest BCUT2D eigenvalue weighted by molar-refractivity contribution is 5.37. The van der Waals surface area contributed by atoms with Crippen LogP contribution in [0.4, 0.5) is 0 Å². The van der Waals surface area contributed by atoms with Crippen molar-refractivity contribution in [3.63, 3.8) is 0 Å². The van der Waals surface area contributed by atoms with Crippen molar-refractivity contribution in [2.75, 3.05) is 40.8 Å². The SMILES string of the molecule is CCNC1c2ccccc2CC1N(C)CCN(C)C. The van der Waals surface area contributed by atoms with Gasteiger partial charge >= 0.3 is 0 Å². The molecule has 3 nitrogen and oxygen atoms in total. The summed E-state index contributed by atoms with van der Waals surface area (Å²) in [5, 5.41) is 3.66. The fourth-order valence-electron chi connectivity index (χ4n) is 2.97. The standard InChI is InChI=1S/C16H27N3/c1-5-17-16-14-9-7-6-8-13(14)12-15(16)19(4)11-10-18(2)3/h6-9,15-17H,5,10-12H2,1-4H3. The van der Waals surface area contributed by atoms with Crippen molar-refractivity contribution in [1.29, 1.82) is 0 Å². The molecular weight excluding hydrogens is 234 g/mol. The number of nitrogens with one attached hydrogen (secondary N) is 1. The van der Waals surface area contributed by atoms with Crippen molar-refractivity contribution < 1.29 is 0 Å². The fraction of sp³-hybridized carbons (Fsp3) is 0.625. The third-order valence-electron chi connectivity index (χ3n) is 4.09. The molecule has 19 heavy (non-hydrogen) atoms. The van der Waals surface area contributed by atoms with Crippen molar-refractivity contribution >= 4 is 0 Å². The van der Waals surface area contributed by atoms with Gasteiger partial charge in [0.2, 0.25) is 0 Å². The average molecular weight is 261 g/mol. The molecule has 0 aromatic heterocycles. The van der Waals surface area contributed by atoms with Crippen LogP contribution in [0.1, 0.15) is 24.1 Å². The van der Waals surface area contributed by atoms with Gasteiger partial charge in [-0.25, -0.2) is 0 Å². The quantitative estimate of drug-likeness (QED) is 0.842. The molecule has 2 rings (SSSR count). The predicted molar refractivity (Wildman–Crippen MR) is 81.5 cm³/mol. The van der Waals surface area contributed by atoms with Gasteiger partial charge in [0, 0.05) is 25.2 Å². The Morgan fingerprint density at radius 1 is 1.16 bits per heavy atom. The molecule has 0 spiro atoms. The smallest absolute Gasteiger partial charge is 0.0483 e. The van der Waals surface area contributed by atoms with E-state index >= 15 is 0 Å². The minimum absolute atomic E-state index is 0.480. The molecule has 0 saturated carbocycles. The first kappa shape index (κ1) is 14.5. The molecule has 1 N–H and O–H groups in total. The molecule has 2 unspecified atom stereocenters. The summed E-state index contributed by atoms with van der Waals surface area (Å²) in [7, 11) is 6.53. The van der Waals surface area contributed by atoms with E-state index in [1.54, 1.807) is 0 Å². The molecule has 0 bridgehead atoms. The molecule has 1 aliphatic carbocycles. The first-order valence-corrected chi connectivity index (χ1v) is 7.29. The Hall–Kier alpha value is -0.900. The van der Waals surface area contributed by atoms with Crippen molar-refractivity contribution in [3.8, 4) is 0 Å². The minimum Gasteiger partial charge on any atom is -0.309 e. The second kappa shape index (κ2) is 6.51. The summed E-state index contributed by atoms with van der Waals surface area (Å²) in [6.07, 6.45) is 1.16. The van der Waals surface area contributed by atoms with Gasteiger partial charge in [0.05, 0.1) is 0 Å². The van der Waals surface area contributed by atoms with E-state index in [1.807, 2.05) is 0 Å². The Morgan fingerprint density at radius 2 is 1.89 bits per heavy atom. The van der Waals surface area contributed by atoms with Gasteiger partial charge in [0.25, 0.3) is 0 Å². The zero-order chi connectivity index (χ0) is 13.8. The summed E-state index contributed by atoms with van der Waals surface area (Å²) >= 11 is 0. The number of benzene rings is 1. The average Bonchev–Trinajstić information content (AvgIpc) is 2.76. The van der Waals surface area contributed by atoms with Crippen LogP contribution in [0, 0.1) is 0 Å². The van der Waals surface area contributed by atoms with Gasteiger partial charge in [0.1, 0.15) is 0 Å². The number of likely N-dealkylation sites (N-methyl/N-ethyl adjacent to an activating group) is 3. The third-order valence-corrected chi connectivity index (χ3v) is 4.09. The summed E-state index contributed by atoms with van der Waals surface area (Å²) in [5.41, 5.74) is 3.00. The van der Waals surface area contributed by atoms with Gasteiger partial charge in [-0.2, -0.15) is 0 Å². The van der Waals surface area contributed by atoms with E-state index in [9.17, 15) is 0 Å². The number of nitrogens with zero attached hydrogens (tertiary/aromatic N) is 2. The third kappa shape index (κ3) is 3.35. The summed E-state index contributed by atoms with van der Waals surface area (Å²) < 4.78 is 0. The number of hydrogen-bond acceptors (Lipinski definition) is 3. The molecular formula is C16H27N3. The Bertz CT molecular complexity index is 403. The van der Waals surface area contributed by atoms with E-state index < -0.39 is 0 Å². The molecule has 3 heteroatoms. The highest BCUT2D eigenvalue weighted by atomic mass is 15.2. The second-order valence-electron chi connectivity index (χ2n) is 5.79. The Labute approximate surface area is 117 Å². The number of fused-ring (bicyclic) bond motifs is 1. The molecule has 0 radical (unpaired) electrons. The van der Waals surface area contributed by atoms with Crippen LogP contribution in [0.2, 0.25) is 0 Å². The number of rotatable bonds is 6. The topological polar surface area (TPSA) is 18.5 Å². The minimum atomic E-state index is 0.480. The van der Waals surface area contributed by atoms with Crippen molar-refractivity contribution in [1.82, 2.24) is 15.1 Å². The van der Waals surface area contributed by atoms with Gasteiger partial charge in [-0.1, -0.05) is 31.2 Å². The zero-order valence-electron chi connectivity index (χ0n) is 12.7. The largest absolute Gasteiger partial charge is 0.309 e. The first-order chi connectivity index (χ1) is 9.13. The van der Waals surface area contributed by atoms with E-state index in [2.05, 4.69) is 67.4 Å². The molecule has 1 aromatic carbocycles. The van der Waals surface area contributed by atoms with Crippen LogP contribution in [-0.4, -0.2) is 56.6 Å². The van der Waals surface area contributed by atoms with Crippen LogP contribution in [0.15, 0.2) is 24.3 Å². The van der Waals surface area contributed by atoms with Crippen molar-refractivity contribution in [2.45, 2.75) is 25.4 Å². The molecule has 106 valence electrons. The van der Waals surface area contributed by atoms with Gasteiger partial charge in [0.15, 0.2) is 0 Å². The van der Waals surface area contributed by atoms with E-state index in [-0.39, 0.29) is 0 Å². The van der Waals surface area contributed by atoms with Crippen LogP contribution in [-0.2, 0) is 6.42 Å². The maximum atomic E-state index is 3.66. The van der Waals surface area contributed by atoms with Gasteiger partial charge in [-0.3, -0.25) is 4.90 Å². The summed E-state index contributed by atoms with van der Waals surface area (Å²) in [4.78, 5) is 4.76. The molecule has 1 aliphatic rings. The highest BCUT2D eigenvalue weighted by Crippen LogP contribution is 2.33. The predicted octanol–water partition coefficient (Wildman–Crippen LogP) is 1.76. The van der Waals surface area contributed by atoms with E-state index in [0.717, 1.165) is 26.1 Å². The fourth-order valence-corrected chi connectivity index (χ4v) is 2.97. The maximum absolute atomic E-state index is 3.66. The lowest BCUT2D eigenvalue weighted by molar-refractivity contribution is 0.188. The summed E-state index contributed by atoms with van der Waals surface area (Å²) in [6, 6.07) is 9.93. The molecule has 2 atom stereocenters. The molecule has 0 heterocycles. The molecule has 0 saturated heterocycles. The lowest BCUT2D eigenvalue weighted by Gasteiger charge is -2.31. The van der Waals surface area contributed by atoms with Crippen LogP contribution in [0.5, 0.6) is 0 Å². The van der Waals surface area contributed by atoms with Gasteiger partial charge in [-0.05, 0) is 45.2 Å². The molecule has 1 aromatic rings. The molecule has 0 amide bonds. The first-order valence-electron chi connectivity index (χ1n) is 7.29. The van der Waals surface area contributed by atoms with Crippen molar-refractivity contribution in [2.24, 2.45) is 0 Å². The van der Waals surface area contributed by atoms with Crippen LogP contribution in [0.25, 0.3) is 0 Å². The zero-order valence-corrected chi connectivity index (χ0v) is 12.7.